The molecule has 0 bridgehead atoms. The Morgan fingerprint density at radius 1 is 0.259 bits per heavy atom. The Hall–Kier alpha value is -2.37. The van der Waals surface area contributed by atoms with Crippen molar-refractivity contribution in [3.63, 3.8) is 0 Å². The molecule has 0 saturated heterocycles. The van der Waals surface area contributed by atoms with Crippen LogP contribution in [0.1, 0.15) is 406 Å². The SMILES string of the molecule is CC/C=C\C/C=C\C/C=C\CCCCCCCCCC(=O)OCC(COC(=O)CCCCCCCCCCCCCCCCCCCCCCCCC)OC(=O)CCCCCCCCCCCCCCCCCCCCCCCCC. The van der Waals surface area contributed by atoms with Gasteiger partial charge in [0.05, 0.1) is 0 Å². The Kier molecular flexibility index (Phi) is 68.1. The predicted octanol–water partition coefficient (Wildman–Crippen LogP) is 25.1. The smallest absolute Gasteiger partial charge is 0.306 e. The van der Waals surface area contributed by atoms with Crippen molar-refractivity contribution in [3.05, 3.63) is 36.5 Å². The monoisotopic (exact) mass is 1140 g/mol. The molecule has 0 rings (SSSR count). The van der Waals surface area contributed by atoms with E-state index in [0.29, 0.717) is 19.3 Å². The van der Waals surface area contributed by atoms with Crippen molar-refractivity contribution in [1.29, 1.82) is 0 Å². The van der Waals surface area contributed by atoms with Crippen LogP contribution in [0.3, 0.4) is 0 Å². The fourth-order valence-electron chi connectivity index (χ4n) is 11.2. The third-order valence-electron chi connectivity index (χ3n) is 16.7. The van der Waals surface area contributed by atoms with E-state index in [2.05, 4.69) is 57.2 Å². The molecule has 81 heavy (non-hydrogen) atoms. The average molecular weight is 1140 g/mol. The zero-order valence-electron chi connectivity index (χ0n) is 54.8. The van der Waals surface area contributed by atoms with Crippen LogP contribution in [0.2, 0.25) is 0 Å². The van der Waals surface area contributed by atoms with Crippen molar-refractivity contribution in [2.45, 2.75) is 412 Å². The third kappa shape index (κ3) is 68.3. The summed E-state index contributed by atoms with van der Waals surface area (Å²) in [6.45, 7) is 6.61. The molecule has 0 spiro atoms. The first-order valence-electron chi connectivity index (χ1n) is 36.5. The van der Waals surface area contributed by atoms with E-state index in [4.69, 9.17) is 14.2 Å². The Labute approximate surface area is 506 Å². The first-order chi connectivity index (χ1) is 40.0. The van der Waals surface area contributed by atoms with Crippen LogP contribution in [-0.2, 0) is 28.6 Å². The van der Waals surface area contributed by atoms with Gasteiger partial charge in [0.15, 0.2) is 6.10 Å². The molecular weight excluding hydrogens is 997 g/mol. The normalized spacial score (nSPS) is 12.2. The van der Waals surface area contributed by atoms with E-state index in [0.717, 1.165) is 83.5 Å². The molecule has 6 heteroatoms. The zero-order valence-corrected chi connectivity index (χ0v) is 54.8. The van der Waals surface area contributed by atoms with Gasteiger partial charge >= 0.3 is 17.9 Å². The molecular formula is C75H140O6. The number of carbonyl (C=O) groups excluding carboxylic acids is 3. The fraction of sp³-hybridized carbons (Fsp3) is 0.880. The van der Waals surface area contributed by atoms with Crippen molar-refractivity contribution in [2.75, 3.05) is 13.2 Å². The van der Waals surface area contributed by atoms with Gasteiger partial charge in [0.1, 0.15) is 13.2 Å². The number of esters is 3. The number of allylic oxidation sites excluding steroid dienone is 6. The van der Waals surface area contributed by atoms with E-state index < -0.39 is 6.10 Å². The molecule has 476 valence electrons. The molecule has 0 aliphatic heterocycles. The summed E-state index contributed by atoms with van der Waals surface area (Å²) in [4.78, 5) is 38.5. The number of rotatable bonds is 68. The molecule has 1 atom stereocenters. The first-order valence-corrected chi connectivity index (χ1v) is 36.5. The molecule has 0 heterocycles. The standard InChI is InChI=1S/C75H140O6/c1-4-7-10-13-16-19-22-25-28-31-33-35-37-39-41-44-47-50-53-56-59-62-65-68-74(77)80-71-72(70-79-73(76)67-64-61-58-55-52-49-46-43-30-27-24-21-18-15-12-9-6-3)81-75(78)69-66-63-60-57-54-51-48-45-42-40-38-36-34-32-29-26-23-20-17-14-11-8-5-2/h9,12,18,21,27,30,72H,4-8,10-11,13-17,19-20,22-26,28-29,31-71H2,1-3H3/b12-9-,21-18-,30-27-. The van der Waals surface area contributed by atoms with Gasteiger partial charge in [-0.05, 0) is 51.4 Å². The third-order valence-corrected chi connectivity index (χ3v) is 16.7. The molecule has 0 aliphatic carbocycles. The van der Waals surface area contributed by atoms with Crippen LogP contribution in [0.4, 0.5) is 0 Å². The summed E-state index contributed by atoms with van der Waals surface area (Å²) in [5, 5.41) is 0. The molecule has 0 aromatic carbocycles. The molecule has 6 nitrogen and oxygen atoms in total. The van der Waals surface area contributed by atoms with E-state index in [1.165, 1.54) is 283 Å². The fourth-order valence-corrected chi connectivity index (χ4v) is 11.2. The molecule has 0 fully saturated rings. The lowest BCUT2D eigenvalue weighted by atomic mass is 10.0. The lowest BCUT2D eigenvalue weighted by Gasteiger charge is -2.18. The van der Waals surface area contributed by atoms with Crippen molar-refractivity contribution < 1.29 is 28.6 Å². The van der Waals surface area contributed by atoms with Gasteiger partial charge in [0, 0.05) is 19.3 Å². The maximum absolute atomic E-state index is 13.0. The highest BCUT2D eigenvalue weighted by atomic mass is 16.6. The highest BCUT2D eigenvalue weighted by Crippen LogP contribution is 2.19. The highest BCUT2D eigenvalue weighted by Gasteiger charge is 2.19. The Bertz CT molecular complexity index is 1350. The lowest BCUT2D eigenvalue weighted by molar-refractivity contribution is -0.167. The van der Waals surface area contributed by atoms with Gasteiger partial charge in [0.25, 0.3) is 0 Å². The van der Waals surface area contributed by atoms with Gasteiger partial charge in [-0.25, -0.2) is 0 Å². The summed E-state index contributed by atoms with van der Waals surface area (Å²) >= 11 is 0. The number of hydrogen-bond acceptors (Lipinski definition) is 6. The summed E-state index contributed by atoms with van der Waals surface area (Å²) in [5.41, 5.74) is 0. The Morgan fingerprint density at radius 2 is 0.481 bits per heavy atom. The molecule has 0 saturated carbocycles. The first kappa shape index (κ1) is 78.6. The number of hydrogen-bond donors (Lipinski definition) is 0. The van der Waals surface area contributed by atoms with Crippen molar-refractivity contribution in [2.24, 2.45) is 0 Å². The maximum Gasteiger partial charge on any atom is 0.306 e. The zero-order chi connectivity index (χ0) is 58.5. The molecule has 0 radical (unpaired) electrons. The van der Waals surface area contributed by atoms with E-state index >= 15 is 0 Å². The van der Waals surface area contributed by atoms with E-state index in [1.54, 1.807) is 0 Å². The van der Waals surface area contributed by atoms with Crippen LogP contribution in [0, 0.1) is 0 Å². The topological polar surface area (TPSA) is 78.9 Å². The minimum absolute atomic E-state index is 0.0691. The van der Waals surface area contributed by atoms with Crippen LogP contribution < -0.4 is 0 Å². The van der Waals surface area contributed by atoms with E-state index in [9.17, 15) is 14.4 Å². The van der Waals surface area contributed by atoms with Gasteiger partial charge < -0.3 is 14.2 Å². The van der Waals surface area contributed by atoms with Crippen molar-refractivity contribution in [3.8, 4) is 0 Å². The summed E-state index contributed by atoms with van der Waals surface area (Å²) < 4.78 is 17.0. The number of carbonyl (C=O) groups is 3. The van der Waals surface area contributed by atoms with Crippen LogP contribution in [0.5, 0.6) is 0 Å². The van der Waals surface area contributed by atoms with E-state index in [1.807, 2.05) is 0 Å². The molecule has 0 aromatic heterocycles. The second-order valence-corrected chi connectivity index (χ2v) is 24.8. The number of ether oxygens (including phenoxy) is 3. The van der Waals surface area contributed by atoms with Crippen molar-refractivity contribution >= 4 is 17.9 Å². The van der Waals surface area contributed by atoms with Gasteiger partial charge in [0.2, 0.25) is 0 Å². The molecule has 0 N–H and O–H groups in total. The minimum Gasteiger partial charge on any atom is -0.462 e. The predicted molar refractivity (Wildman–Crippen MR) is 353 cm³/mol. The molecule has 1 unspecified atom stereocenters. The average Bonchev–Trinajstić information content (AvgIpc) is 3.47. The van der Waals surface area contributed by atoms with Crippen LogP contribution >= 0.6 is 0 Å². The van der Waals surface area contributed by atoms with Gasteiger partial charge in [-0.3, -0.25) is 14.4 Å². The Balaban J connectivity index is 4.28. The molecule has 0 aliphatic rings. The van der Waals surface area contributed by atoms with E-state index in [-0.39, 0.29) is 31.1 Å². The van der Waals surface area contributed by atoms with Gasteiger partial charge in [-0.2, -0.15) is 0 Å². The summed E-state index contributed by atoms with van der Waals surface area (Å²) in [5.74, 6) is -0.845. The van der Waals surface area contributed by atoms with Gasteiger partial charge in [-0.1, -0.05) is 372 Å². The summed E-state index contributed by atoms with van der Waals surface area (Å²) in [6, 6.07) is 0. The lowest BCUT2D eigenvalue weighted by Crippen LogP contribution is -2.30. The highest BCUT2D eigenvalue weighted by molar-refractivity contribution is 5.71. The van der Waals surface area contributed by atoms with Crippen LogP contribution in [0.15, 0.2) is 36.5 Å². The maximum atomic E-state index is 13.0. The molecule has 0 amide bonds. The largest absolute Gasteiger partial charge is 0.462 e. The van der Waals surface area contributed by atoms with Gasteiger partial charge in [-0.15, -0.1) is 0 Å². The second-order valence-electron chi connectivity index (χ2n) is 24.8. The quantitative estimate of drug-likeness (QED) is 0.0261. The van der Waals surface area contributed by atoms with Crippen LogP contribution in [0.25, 0.3) is 0 Å². The van der Waals surface area contributed by atoms with Crippen LogP contribution in [-0.4, -0.2) is 37.2 Å². The minimum atomic E-state index is -0.774. The Morgan fingerprint density at radius 3 is 0.753 bits per heavy atom. The summed E-state index contributed by atoms with van der Waals surface area (Å²) in [7, 11) is 0. The number of unbranched alkanes of at least 4 members (excludes halogenated alkanes) is 51. The molecule has 0 aromatic rings. The second kappa shape index (κ2) is 70.1. The summed E-state index contributed by atoms with van der Waals surface area (Å²) in [6.07, 6.45) is 87.5. The van der Waals surface area contributed by atoms with Crippen molar-refractivity contribution in [1.82, 2.24) is 0 Å².